The number of piperazine rings is 1. The standard InChI is InChI=1S/C22H28N6O4/c1-16-4-6-26(7-5-16)21-20(28(29)30)22(24-14-23-21)27-10-8-25(9-11-27)13-17-2-3-18-19(12-17)32-15-31-18/h2-3,12,14,16H,4-11,13,15H2,1H3. The Morgan fingerprint density at radius 3 is 2.34 bits per heavy atom. The first kappa shape index (κ1) is 20.7. The Kier molecular flexibility index (Phi) is 5.69. The normalized spacial score (nSPS) is 19.4. The van der Waals surface area contributed by atoms with Crippen LogP contribution < -0.4 is 19.3 Å². The Labute approximate surface area is 186 Å². The van der Waals surface area contributed by atoms with Crippen LogP contribution in [0, 0.1) is 16.0 Å². The van der Waals surface area contributed by atoms with Crippen molar-refractivity contribution in [2.75, 3.05) is 55.9 Å². The van der Waals surface area contributed by atoms with Gasteiger partial charge in [-0.3, -0.25) is 15.0 Å². The van der Waals surface area contributed by atoms with E-state index in [0.717, 1.165) is 62.6 Å². The smallest absolute Gasteiger partial charge is 0.353 e. The van der Waals surface area contributed by atoms with Crippen molar-refractivity contribution in [1.29, 1.82) is 0 Å². The summed E-state index contributed by atoms with van der Waals surface area (Å²) >= 11 is 0. The number of rotatable bonds is 5. The van der Waals surface area contributed by atoms with Crippen LogP contribution in [0.25, 0.3) is 0 Å². The Morgan fingerprint density at radius 2 is 1.66 bits per heavy atom. The minimum atomic E-state index is -0.318. The third kappa shape index (κ3) is 4.14. The van der Waals surface area contributed by atoms with E-state index in [1.54, 1.807) is 0 Å². The monoisotopic (exact) mass is 440 g/mol. The summed E-state index contributed by atoms with van der Waals surface area (Å²) < 4.78 is 10.9. The van der Waals surface area contributed by atoms with Gasteiger partial charge in [-0.1, -0.05) is 13.0 Å². The molecule has 0 aliphatic carbocycles. The Morgan fingerprint density at radius 1 is 1.00 bits per heavy atom. The lowest BCUT2D eigenvalue weighted by molar-refractivity contribution is -0.383. The first-order valence-corrected chi connectivity index (χ1v) is 11.2. The van der Waals surface area contributed by atoms with Crippen LogP contribution in [-0.4, -0.2) is 65.9 Å². The molecule has 0 amide bonds. The lowest BCUT2D eigenvalue weighted by atomic mass is 9.99. The van der Waals surface area contributed by atoms with Crippen LogP contribution in [0.15, 0.2) is 24.5 Å². The number of anilines is 2. The molecule has 2 fully saturated rings. The molecule has 10 nitrogen and oxygen atoms in total. The molecule has 4 heterocycles. The highest BCUT2D eigenvalue weighted by atomic mass is 16.7. The zero-order valence-corrected chi connectivity index (χ0v) is 18.3. The van der Waals surface area contributed by atoms with E-state index < -0.39 is 0 Å². The number of aromatic nitrogens is 2. The van der Waals surface area contributed by atoms with Gasteiger partial charge in [0.2, 0.25) is 18.4 Å². The predicted octanol–water partition coefficient (Wildman–Crippen LogP) is 2.67. The molecular weight excluding hydrogens is 412 g/mol. The van der Waals surface area contributed by atoms with E-state index in [4.69, 9.17) is 9.47 Å². The van der Waals surface area contributed by atoms with Crippen molar-refractivity contribution in [3.8, 4) is 11.5 Å². The number of nitrogens with zero attached hydrogens (tertiary/aromatic N) is 6. The lowest BCUT2D eigenvalue weighted by Gasteiger charge is -2.36. The number of ether oxygens (including phenoxy) is 2. The molecule has 0 atom stereocenters. The molecule has 1 aromatic heterocycles. The van der Waals surface area contributed by atoms with Gasteiger partial charge in [0, 0.05) is 45.8 Å². The Hall–Kier alpha value is -3.14. The van der Waals surface area contributed by atoms with E-state index in [-0.39, 0.29) is 17.4 Å². The lowest BCUT2D eigenvalue weighted by Crippen LogP contribution is -2.46. The summed E-state index contributed by atoms with van der Waals surface area (Å²) in [7, 11) is 0. The Balaban J connectivity index is 1.28. The number of piperidine rings is 1. The summed E-state index contributed by atoms with van der Waals surface area (Å²) in [6, 6.07) is 6.03. The topological polar surface area (TPSA) is 97.1 Å². The van der Waals surface area contributed by atoms with Gasteiger partial charge in [-0.2, -0.15) is 0 Å². The van der Waals surface area contributed by atoms with E-state index in [1.807, 2.05) is 21.9 Å². The van der Waals surface area contributed by atoms with Gasteiger partial charge in [0.25, 0.3) is 0 Å². The molecule has 5 rings (SSSR count). The minimum Gasteiger partial charge on any atom is -0.454 e. The maximum atomic E-state index is 12.0. The molecule has 3 aliphatic heterocycles. The van der Waals surface area contributed by atoms with Crippen molar-refractivity contribution < 1.29 is 14.4 Å². The third-order valence-electron chi connectivity index (χ3n) is 6.56. The van der Waals surface area contributed by atoms with E-state index >= 15 is 0 Å². The molecular formula is C22H28N6O4. The first-order valence-electron chi connectivity index (χ1n) is 11.2. The van der Waals surface area contributed by atoms with E-state index in [1.165, 1.54) is 6.33 Å². The van der Waals surface area contributed by atoms with Crippen LogP contribution in [0.5, 0.6) is 11.5 Å². The summed E-state index contributed by atoms with van der Waals surface area (Å²) in [5.74, 6) is 3.10. The third-order valence-corrected chi connectivity index (χ3v) is 6.56. The predicted molar refractivity (Wildman–Crippen MR) is 119 cm³/mol. The maximum Gasteiger partial charge on any atom is 0.353 e. The quantitative estimate of drug-likeness (QED) is 0.513. The van der Waals surface area contributed by atoms with Crippen molar-refractivity contribution in [2.24, 2.45) is 5.92 Å². The molecule has 3 aliphatic rings. The van der Waals surface area contributed by atoms with Gasteiger partial charge in [0.05, 0.1) is 4.92 Å². The Bertz CT molecular complexity index is 986. The molecule has 170 valence electrons. The average molecular weight is 441 g/mol. The van der Waals surface area contributed by atoms with Crippen LogP contribution >= 0.6 is 0 Å². The number of hydrogen-bond donors (Lipinski definition) is 0. The number of hydrogen-bond acceptors (Lipinski definition) is 9. The molecule has 1 aromatic carbocycles. The molecule has 0 N–H and O–H groups in total. The zero-order valence-electron chi connectivity index (χ0n) is 18.3. The van der Waals surface area contributed by atoms with Crippen molar-refractivity contribution in [3.63, 3.8) is 0 Å². The van der Waals surface area contributed by atoms with Gasteiger partial charge in [0.1, 0.15) is 6.33 Å². The maximum absolute atomic E-state index is 12.0. The molecule has 2 aromatic rings. The van der Waals surface area contributed by atoms with Crippen molar-refractivity contribution in [3.05, 3.63) is 40.2 Å². The van der Waals surface area contributed by atoms with E-state index in [2.05, 4.69) is 27.9 Å². The summed E-state index contributed by atoms with van der Waals surface area (Å²) in [5.41, 5.74) is 1.20. The fourth-order valence-electron chi connectivity index (χ4n) is 4.62. The van der Waals surface area contributed by atoms with Gasteiger partial charge in [-0.15, -0.1) is 0 Å². The number of nitro groups is 1. The van der Waals surface area contributed by atoms with Crippen molar-refractivity contribution in [1.82, 2.24) is 14.9 Å². The van der Waals surface area contributed by atoms with Gasteiger partial charge in [-0.25, -0.2) is 9.97 Å². The zero-order chi connectivity index (χ0) is 22.1. The van der Waals surface area contributed by atoms with Crippen LogP contribution in [0.1, 0.15) is 25.3 Å². The van der Waals surface area contributed by atoms with Crippen molar-refractivity contribution >= 4 is 17.3 Å². The fraction of sp³-hybridized carbons (Fsp3) is 0.545. The molecule has 0 unspecified atom stereocenters. The molecule has 32 heavy (non-hydrogen) atoms. The van der Waals surface area contributed by atoms with Gasteiger partial charge in [-0.05, 0) is 36.5 Å². The number of fused-ring (bicyclic) bond motifs is 1. The van der Waals surface area contributed by atoms with E-state index in [0.29, 0.717) is 30.6 Å². The second kappa shape index (κ2) is 8.78. The molecule has 0 bridgehead atoms. The second-order valence-electron chi connectivity index (χ2n) is 8.75. The highest BCUT2D eigenvalue weighted by Crippen LogP contribution is 2.36. The molecule has 0 radical (unpaired) electrons. The molecule has 2 saturated heterocycles. The average Bonchev–Trinajstić information content (AvgIpc) is 3.27. The van der Waals surface area contributed by atoms with Crippen molar-refractivity contribution in [2.45, 2.75) is 26.3 Å². The van der Waals surface area contributed by atoms with Gasteiger partial charge < -0.3 is 19.3 Å². The summed E-state index contributed by atoms with van der Waals surface area (Å²) in [6.07, 6.45) is 3.51. The van der Waals surface area contributed by atoms with Gasteiger partial charge >= 0.3 is 5.69 Å². The van der Waals surface area contributed by atoms with Crippen LogP contribution in [-0.2, 0) is 6.54 Å². The second-order valence-corrected chi connectivity index (χ2v) is 8.75. The number of benzene rings is 1. The summed E-state index contributed by atoms with van der Waals surface area (Å²) in [4.78, 5) is 26.8. The highest BCUT2D eigenvalue weighted by Gasteiger charge is 2.32. The van der Waals surface area contributed by atoms with Gasteiger partial charge in [0.15, 0.2) is 11.5 Å². The first-order chi connectivity index (χ1) is 15.6. The largest absolute Gasteiger partial charge is 0.454 e. The minimum absolute atomic E-state index is 0.0336. The van der Waals surface area contributed by atoms with Crippen LogP contribution in [0.2, 0.25) is 0 Å². The van der Waals surface area contributed by atoms with Crippen LogP contribution in [0.3, 0.4) is 0 Å². The fourth-order valence-corrected chi connectivity index (χ4v) is 4.62. The molecule has 0 saturated carbocycles. The molecule has 10 heteroatoms. The SMILES string of the molecule is CC1CCN(c2ncnc(N3CCN(Cc4ccc5c(c4)OCO5)CC3)c2[N+](=O)[O-])CC1. The molecule has 0 spiro atoms. The highest BCUT2D eigenvalue weighted by molar-refractivity contribution is 5.71. The van der Waals surface area contributed by atoms with E-state index in [9.17, 15) is 10.1 Å². The summed E-state index contributed by atoms with van der Waals surface area (Å²) in [6.45, 7) is 7.83. The van der Waals surface area contributed by atoms with Crippen LogP contribution in [0.4, 0.5) is 17.3 Å². The summed E-state index contributed by atoms with van der Waals surface area (Å²) in [5, 5.41) is 12.0.